The summed E-state index contributed by atoms with van der Waals surface area (Å²) in [5.41, 5.74) is 0.212. The summed E-state index contributed by atoms with van der Waals surface area (Å²) in [4.78, 5) is 1.41. The standard InChI is InChI=1S/C15H22BrNOS/c16-12-8-14(19-11-12)10-17-13-4-7-18-15(9-13)5-2-1-3-6-15/h8,11,13,17H,1-7,9-10H2. The third-order valence-corrected chi connectivity index (χ3v) is 6.14. The first-order valence-electron chi connectivity index (χ1n) is 7.36. The normalized spacial score (nSPS) is 26.7. The quantitative estimate of drug-likeness (QED) is 0.873. The van der Waals surface area contributed by atoms with Gasteiger partial charge < -0.3 is 10.1 Å². The van der Waals surface area contributed by atoms with Gasteiger partial charge >= 0.3 is 0 Å². The summed E-state index contributed by atoms with van der Waals surface area (Å²) in [5, 5.41) is 5.89. The molecule has 4 heteroatoms. The molecule has 2 heterocycles. The third kappa shape index (κ3) is 3.60. The van der Waals surface area contributed by atoms with Gasteiger partial charge in [0.05, 0.1) is 5.60 Å². The van der Waals surface area contributed by atoms with E-state index >= 15 is 0 Å². The first-order chi connectivity index (χ1) is 9.26. The molecule has 1 unspecified atom stereocenters. The summed E-state index contributed by atoms with van der Waals surface area (Å²) >= 11 is 5.34. The first-order valence-corrected chi connectivity index (χ1v) is 9.03. The van der Waals surface area contributed by atoms with Crippen molar-refractivity contribution in [3.05, 3.63) is 20.8 Å². The second kappa shape index (κ2) is 6.25. The smallest absolute Gasteiger partial charge is 0.0697 e. The van der Waals surface area contributed by atoms with Crippen molar-refractivity contribution in [1.82, 2.24) is 5.32 Å². The lowest BCUT2D eigenvalue weighted by Crippen LogP contribution is -2.47. The molecule has 19 heavy (non-hydrogen) atoms. The average molecular weight is 344 g/mol. The fraction of sp³-hybridized carbons (Fsp3) is 0.733. The van der Waals surface area contributed by atoms with Crippen molar-refractivity contribution < 1.29 is 4.74 Å². The van der Waals surface area contributed by atoms with Gasteiger partial charge in [0, 0.05) is 33.9 Å². The molecule has 1 aliphatic carbocycles. The van der Waals surface area contributed by atoms with Gasteiger partial charge in [-0.05, 0) is 47.7 Å². The minimum absolute atomic E-state index is 0.212. The number of nitrogens with one attached hydrogen (secondary N) is 1. The van der Waals surface area contributed by atoms with Gasteiger partial charge in [-0.25, -0.2) is 0 Å². The highest BCUT2D eigenvalue weighted by molar-refractivity contribution is 9.10. The van der Waals surface area contributed by atoms with Gasteiger partial charge in [-0.15, -0.1) is 11.3 Å². The predicted octanol–water partition coefficient (Wildman–Crippen LogP) is 4.48. The van der Waals surface area contributed by atoms with Crippen molar-refractivity contribution >= 4 is 27.3 Å². The number of thiophene rings is 1. The van der Waals surface area contributed by atoms with Crippen LogP contribution in [0.4, 0.5) is 0 Å². The maximum absolute atomic E-state index is 6.15. The highest BCUT2D eigenvalue weighted by Gasteiger charge is 2.38. The van der Waals surface area contributed by atoms with Gasteiger partial charge in [0.15, 0.2) is 0 Å². The molecule has 1 aromatic heterocycles. The Morgan fingerprint density at radius 3 is 2.95 bits per heavy atom. The van der Waals surface area contributed by atoms with E-state index in [0.717, 1.165) is 19.6 Å². The maximum Gasteiger partial charge on any atom is 0.0697 e. The molecule has 1 aliphatic heterocycles. The molecule has 0 bridgehead atoms. The van der Waals surface area contributed by atoms with Crippen LogP contribution in [0, 0.1) is 0 Å². The second-order valence-corrected chi connectivity index (χ2v) is 7.81. The number of hydrogen-bond donors (Lipinski definition) is 1. The highest BCUT2D eigenvalue weighted by Crippen LogP contribution is 2.38. The van der Waals surface area contributed by atoms with Gasteiger partial charge in [0.2, 0.25) is 0 Å². The fourth-order valence-corrected chi connectivity index (χ4v) is 4.84. The summed E-state index contributed by atoms with van der Waals surface area (Å²) in [6.45, 7) is 1.93. The van der Waals surface area contributed by atoms with Crippen LogP contribution >= 0.6 is 27.3 Å². The van der Waals surface area contributed by atoms with Gasteiger partial charge in [-0.1, -0.05) is 19.3 Å². The van der Waals surface area contributed by atoms with Gasteiger partial charge in [0.25, 0.3) is 0 Å². The van der Waals surface area contributed by atoms with Crippen LogP contribution in [-0.4, -0.2) is 18.2 Å². The molecule has 1 atom stereocenters. The van der Waals surface area contributed by atoms with E-state index in [9.17, 15) is 0 Å². The Hall–Kier alpha value is 0.1000. The largest absolute Gasteiger partial charge is 0.375 e. The van der Waals surface area contributed by atoms with E-state index in [0.29, 0.717) is 6.04 Å². The van der Waals surface area contributed by atoms with Crippen LogP contribution in [0.1, 0.15) is 49.8 Å². The molecule has 2 fully saturated rings. The van der Waals surface area contributed by atoms with E-state index in [1.807, 2.05) is 11.3 Å². The first kappa shape index (κ1) is 14.1. The summed E-state index contributed by atoms with van der Waals surface area (Å²) in [5.74, 6) is 0. The number of rotatable bonds is 3. The van der Waals surface area contributed by atoms with E-state index in [4.69, 9.17) is 4.74 Å². The van der Waals surface area contributed by atoms with Crippen LogP contribution in [0.15, 0.2) is 15.9 Å². The van der Waals surface area contributed by atoms with Crippen LogP contribution in [-0.2, 0) is 11.3 Å². The number of halogens is 1. The van der Waals surface area contributed by atoms with Crippen LogP contribution in [0.25, 0.3) is 0 Å². The highest BCUT2D eigenvalue weighted by atomic mass is 79.9. The van der Waals surface area contributed by atoms with E-state index in [1.54, 1.807) is 0 Å². The average Bonchev–Trinajstić information content (AvgIpc) is 2.83. The molecule has 1 saturated carbocycles. The molecular formula is C15H22BrNOS. The summed E-state index contributed by atoms with van der Waals surface area (Å²) in [7, 11) is 0. The van der Waals surface area contributed by atoms with Gasteiger partial charge in [-0.3, -0.25) is 0 Å². The van der Waals surface area contributed by atoms with Crippen LogP contribution in [0.3, 0.4) is 0 Å². The van der Waals surface area contributed by atoms with Crippen molar-refractivity contribution in [2.24, 2.45) is 0 Å². The Labute approximate surface area is 128 Å². The minimum Gasteiger partial charge on any atom is -0.375 e. The zero-order valence-corrected chi connectivity index (χ0v) is 13.7. The van der Waals surface area contributed by atoms with Crippen LogP contribution < -0.4 is 5.32 Å². The molecule has 0 aromatic carbocycles. The monoisotopic (exact) mass is 343 g/mol. The molecule has 1 N–H and O–H groups in total. The Morgan fingerprint density at radius 1 is 1.37 bits per heavy atom. The van der Waals surface area contributed by atoms with Crippen molar-refractivity contribution in [2.75, 3.05) is 6.61 Å². The van der Waals surface area contributed by atoms with E-state index in [1.165, 1.54) is 47.9 Å². The van der Waals surface area contributed by atoms with Gasteiger partial charge in [-0.2, -0.15) is 0 Å². The molecule has 0 amide bonds. The Balaban J connectivity index is 1.53. The fourth-order valence-electron chi connectivity index (χ4n) is 3.44. The van der Waals surface area contributed by atoms with E-state index in [-0.39, 0.29) is 5.60 Å². The summed E-state index contributed by atoms with van der Waals surface area (Å²) in [6, 6.07) is 2.85. The lowest BCUT2D eigenvalue weighted by atomic mass is 9.78. The van der Waals surface area contributed by atoms with E-state index in [2.05, 4.69) is 32.7 Å². The molecule has 1 aromatic rings. The third-order valence-electron chi connectivity index (χ3n) is 4.44. The number of ether oxygens (including phenoxy) is 1. The predicted molar refractivity (Wildman–Crippen MR) is 83.6 cm³/mol. The van der Waals surface area contributed by atoms with E-state index < -0.39 is 0 Å². The minimum atomic E-state index is 0.212. The van der Waals surface area contributed by atoms with Gasteiger partial charge in [0.1, 0.15) is 0 Å². The summed E-state index contributed by atoms with van der Waals surface area (Å²) in [6.07, 6.45) is 9.01. The van der Waals surface area contributed by atoms with Crippen molar-refractivity contribution in [3.8, 4) is 0 Å². The Morgan fingerprint density at radius 2 is 2.21 bits per heavy atom. The second-order valence-electron chi connectivity index (χ2n) is 5.89. The maximum atomic E-state index is 6.15. The molecule has 3 rings (SSSR count). The molecule has 1 saturated heterocycles. The molecule has 2 aliphatic rings. The van der Waals surface area contributed by atoms with Crippen molar-refractivity contribution in [1.29, 1.82) is 0 Å². The van der Waals surface area contributed by atoms with Crippen LogP contribution in [0.5, 0.6) is 0 Å². The Kier molecular flexibility index (Phi) is 4.62. The van der Waals surface area contributed by atoms with Crippen molar-refractivity contribution in [2.45, 2.75) is 63.1 Å². The lowest BCUT2D eigenvalue weighted by molar-refractivity contribution is -0.109. The molecule has 106 valence electrons. The molecular weight excluding hydrogens is 322 g/mol. The lowest BCUT2D eigenvalue weighted by Gasteiger charge is -2.43. The zero-order valence-electron chi connectivity index (χ0n) is 11.3. The molecule has 1 spiro atoms. The Bertz CT molecular complexity index is 409. The van der Waals surface area contributed by atoms with Crippen LogP contribution in [0.2, 0.25) is 0 Å². The molecule has 0 radical (unpaired) electrons. The SMILES string of the molecule is Brc1csc(CNC2CCOC3(CCCCC3)C2)c1. The summed E-state index contributed by atoms with van der Waals surface area (Å²) < 4.78 is 7.35. The molecule has 2 nitrogen and oxygen atoms in total. The zero-order chi connectivity index (χ0) is 13.1. The topological polar surface area (TPSA) is 21.3 Å². The number of hydrogen-bond acceptors (Lipinski definition) is 3. The van der Waals surface area contributed by atoms with Crippen molar-refractivity contribution in [3.63, 3.8) is 0 Å².